The van der Waals surface area contributed by atoms with Crippen LogP contribution >= 0.6 is 0 Å². The molecule has 0 amide bonds. The molecule has 1 N–H and O–H groups in total. The Morgan fingerprint density at radius 2 is 1.78 bits per heavy atom. The Hall–Kier alpha value is -0.0800. The SMILES string of the molecule is CCNCC1(CN2CCC(C)(C)C2)CCCCC1. The van der Waals surface area contributed by atoms with E-state index in [1.54, 1.807) is 0 Å². The molecule has 2 aliphatic rings. The fourth-order valence-corrected chi connectivity index (χ4v) is 3.92. The number of hydrogen-bond donors (Lipinski definition) is 1. The van der Waals surface area contributed by atoms with E-state index in [4.69, 9.17) is 0 Å². The zero-order valence-corrected chi connectivity index (χ0v) is 12.7. The lowest BCUT2D eigenvalue weighted by Gasteiger charge is -2.40. The summed E-state index contributed by atoms with van der Waals surface area (Å²) >= 11 is 0. The first-order valence-electron chi connectivity index (χ1n) is 7.98. The van der Waals surface area contributed by atoms with Gasteiger partial charge in [-0.25, -0.2) is 0 Å². The Morgan fingerprint density at radius 3 is 2.33 bits per heavy atom. The van der Waals surface area contributed by atoms with E-state index in [0.29, 0.717) is 10.8 Å². The average Bonchev–Trinajstić information content (AvgIpc) is 2.67. The van der Waals surface area contributed by atoms with Crippen LogP contribution in [0.1, 0.15) is 59.3 Å². The molecule has 1 aliphatic heterocycles. The van der Waals surface area contributed by atoms with Gasteiger partial charge in [0.1, 0.15) is 0 Å². The second-order valence-corrected chi connectivity index (χ2v) is 7.47. The summed E-state index contributed by atoms with van der Waals surface area (Å²) in [5.41, 5.74) is 1.13. The van der Waals surface area contributed by atoms with Crippen LogP contribution in [-0.2, 0) is 0 Å². The van der Waals surface area contributed by atoms with Crippen LogP contribution in [0.3, 0.4) is 0 Å². The summed E-state index contributed by atoms with van der Waals surface area (Å²) in [5, 5.41) is 3.63. The minimum absolute atomic E-state index is 0.550. The molecule has 0 aromatic rings. The molecular formula is C16H32N2. The third kappa shape index (κ3) is 3.71. The van der Waals surface area contributed by atoms with Gasteiger partial charge in [-0.05, 0) is 43.2 Å². The maximum atomic E-state index is 3.63. The lowest BCUT2D eigenvalue weighted by Crippen LogP contribution is -2.45. The molecule has 0 bridgehead atoms. The van der Waals surface area contributed by atoms with Gasteiger partial charge < -0.3 is 10.2 Å². The molecule has 0 aromatic carbocycles. The Labute approximate surface area is 114 Å². The standard InChI is InChI=1S/C16H32N2/c1-4-17-12-16(8-6-5-7-9-16)14-18-11-10-15(2,3)13-18/h17H,4-14H2,1-3H3. The van der Waals surface area contributed by atoms with Crippen LogP contribution in [0.25, 0.3) is 0 Å². The molecule has 0 radical (unpaired) electrons. The highest BCUT2D eigenvalue weighted by Crippen LogP contribution is 2.39. The molecule has 18 heavy (non-hydrogen) atoms. The van der Waals surface area contributed by atoms with Gasteiger partial charge in [0.25, 0.3) is 0 Å². The second-order valence-electron chi connectivity index (χ2n) is 7.47. The molecule has 2 rings (SSSR count). The van der Waals surface area contributed by atoms with Crippen molar-refractivity contribution in [2.24, 2.45) is 10.8 Å². The fourth-order valence-electron chi connectivity index (χ4n) is 3.92. The molecule has 106 valence electrons. The molecule has 1 saturated carbocycles. The molecule has 0 spiro atoms. The van der Waals surface area contributed by atoms with Crippen molar-refractivity contribution >= 4 is 0 Å². The first-order chi connectivity index (χ1) is 8.55. The summed E-state index contributed by atoms with van der Waals surface area (Å²) in [6, 6.07) is 0. The van der Waals surface area contributed by atoms with Crippen molar-refractivity contribution in [2.75, 3.05) is 32.7 Å². The smallest absolute Gasteiger partial charge is 0.00504 e. The molecule has 2 heteroatoms. The Kier molecular flexibility index (Phi) is 4.71. The van der Waals surface area contributed by atoms with E-state index < -0.39 is 0 Å². The molecule has 0 aromatic heterocycles. The van der Waals surface area contributed by atoms with Gasteiger partial charge in [-0.1, -0.05) is 40.0 Å². The van der Waals surface area contributed by atoms with Gasteiger partial charge in [0.2, 0.25) is 0 Å². The van der Waals surface area contributed by atoms with Crippen LogP contribution in [0.4, 0.5) is 0 Å². The molecule has 2 nitrogen and oxygen atoms in total. The first kappa shape index (κ1) is 14.3. The third-order valence-corrected chi connectivity index (χ3v) is 4.98. The first-order valence-corrected chi connectivity index (χ1v) is 7.98. The predicted octanol–water partition coefficient (Wildman–Crippen LogP) is 3.28. The minimum atomic E-state index is 0.550. The Morgan fingerprint density at radius 1 is 1.06 bits per heavy atom. The molecular weight excluding hydrogens is 220 g/mol. The van der Waals surface area contributed by atoms with E-state index in [1.165, 1.54) is 64.7 Å². The Bertz CT molecular complexity index is 254. The molecule has 2 fully saturated rings. The lowest BCUT2D eigenvalue weighted by molar-refractivity contribution is 0.111. The van der Waals surface area contributed by atoms with Crippen molar-refractivity contribution < 1.29 is 0 Å². The Balaban J connectivity index is 1.92. The summed E-state index contributed by atoms with van der Waals surface area (Å²) in [7, 11) is 0. The topological polar surface area (TPSA) is 15.3 Å². The third-order valence-electron chi connectivity index (χ3n) is 4.98. The highest BCUT2D eigenvalue weighted by molar-refractivity contribution is 4.91. The van der Waals surface area contributed by atoms with E-state index in [9.17, 15) is 0 Å². The predicted molar refractivity (Wildman–Crippen MR) is 78.9 cm³/mol. The van der Waals surface area contributed by atoms with Crippen LogP contribution in [-0.4, -0.2) is 37.6 Å². The molecule has 1 heterocycles. The van der Waals surface area contributed by atoms with Gasteiger partial charge in [-0.2, -0.15) is 0 Å². The van der Waals surface area contributed by atoms with Crippen LogP contribution < -0.4 is 5.32 Å². The number of nitrogens with zero attached hydrogens (tertiary/aromatic N) is 1. The maximum absolute atomic E-state index is 3.63. The van der Waals surface area contributed by atoms with Gasteiger partial charge in [0, 0.05) is 19.6 Å². The van der Waals surface area contributed by atoms with E-state index in [1.807, 2.05) is 0 Å². The number of rotatable bonds is 5. The van der Waals surface area contributed by atoms with Gasteiger partial charge in [0.05, 0.1) is 0 Å². The average molecular weight is 252 g/mol. The van der Waals surface area contributed by atoms with E-state index >= 15 is 0 Å². The van der Waals surface area contributed by atoms with E-state index in [2.05, 4.69) is 31.0 Å². The lowest BCUT2D eigenvalue weighted by atomic mass is 9.73. The molecule has 1 saturated heterocycles. The zero-order valence-electron chi connectivity index (χ0n) is 12.7. The van der Waals surface area contributed by atoms with Crippen LogP contribution in [0.15, 0.2) is 0 Å². The summed E-state index contributed by atoms with van der Waals surface area (Å²) in [6.07, 6.45) is 8.61. The van der Waals surface area contributed by atoms with Gasteiger partial charge in [-0.3, -0.25) is 0 Å². The van der Waals surface area contributed by atoms with Gasteiger partial charge in [0.15, 0.2) is 0 Å². The highest BCUT2D eigenvalue weighted by Gasteiger charge is 2.37. The van der Waals surface area contributed by atoms with Gasteiger partial charge in [-0.15, -0.1) is 0 Å². The molecule has 0 unspecified atom stereocenters. The largest absolute Gasteiger partial charge is 0.316 e. The van der Waals surface area contributed by atoms with E-state index in [0.717, 1.165) is 6.54 Å². The summed E-state index contributed by atoms with van der Waals surface area (Å²) in [5.74, 6) is 0. The van der Waals surface area contributed by atoms with Crippen molar-refractivity contribution in [1.29, 1.82) is 0 Å². The quantitative estimate of drug-likeness (QED) is 0.808. The molecule has 1 aliphatic carbocycles. The summed E-state index contributed by atoms with van der Waals surface area (Å²) in [4.78, 5) is 2.74. The van der Waals surface area contributed by atoms with Crippen molar-refractivity contribution in [3.8, 4) is 0 Å². The summed E-state index contributed by atoms with van der Waals surface area (Å²) < 4.78 is 0. The fraction of sp³-hybridized carbons (Fsp3) is 1.00. The van der Waals surface area contributed by atoms with Crippen molar-refractivity contribution in [2.45, 2.75) is 59.3 Å². The van der Waals surface area contributed by atoms with Gasteiger partial charge >= 0.3 is 0 Å². The monoisotopic (exact) mass is 252 g/mol. The number of nitrogens with one attached hydrogen (secondary N) is 1. The van der Waals surface area contributed by atoms with Crippen LogP contribution in [0.2, 0.25) is 0 Å². The number of likely N-dealkylation sites (tertiary alicyclic amines) is 1. The normalized spacial score (nSPS) is 27.5. The summed E-state index contributed by atoms with van der Waals surface area (Å²) in [6.45, 7) is 13.4. The van der Waals surface area contributed by atoms with Crippen LogP contribution in [0, 0.1) is 10.8 Å². The van der Waals surface area contributed by atoms with Crippen molar-refractivity contribution in [3.63, 3.8) is 0 Å². The van der Waals surface area contributed by atoms with E-state index in [-0.39, 0.29) is 0 Å². The maximum Gasteiger partial charge on any atom is 0.00504 e. The van der Waals surface area contributed by atoms with Crippen LogP contribution in [0.5, 0.6) is 0 Å². The molecule has 0 atom stereocenters. The number of hydrogen-bond acceptors (Lipinski definition) is 2. The highest BCUT2D eigenvalue weighted by atomic mass is 15.2. The zero-order chi connectivity index (χ0) is 13.1. The van der Waals surface area contributed by atoms with Crippen molar-refractivity contribution in [3.05, 3.63) is 0 Å². The minimum Gasteiger partial charge on any atom is -0.316 e. The second kappa shape index (κ2) is 5.92. The van der Waals surface area contributed by atoms with Crippen molar-refractivity contribution in [1.82, 2.24) is 10.2 Å².